The van der Waals surface area contributed by atoms with Gasteiger partial charge in [-0.15, -0.1) is 0 Å². The molecule has 1 fully saturated rings. The lowest BCUT2D eigenvalue weighted by atomic mass is 10.3. The number of furan rings is 1. The van der Waals surface area contributed by atoms with E-state index in [1.54, 1.807) is 19.1 Å². The molecule has 0 spiro atoms. The molecule has 0 aliphatic carbocycles. The second-order valence-corrected chi connectivity index (χ2v) is 4.37. The summed E-state index contributed by atoms with van der Waals surface area (Å²) in [6.07, 6.45) is 1.60. The summed E-state index contributed by atoms with van der Waals surface area (Å²) in [5.41, 5.74) is 0. The topological polar surface area (TPSA) is 50.5 Å². The number of aryl methyl sites for hydroxylation is 1. The number of amides is 2. The van der Waals surface area contributed by atoms with Crippen molar-refractivity contribution in [1.29, 1.82) is 0 Å². The van der Waals surface area contributed by atoms with Crippen molar-refractivity contribution >= 4 is 29.0 Å². The average molecular weight is 237 g/mol. The second-order valence-electron chi connectivity index (χ2n) is 3.37. The highest BCUT2D eigenvalue weighted by Gasteiger charge is 2.33. The first-order chi connectivity index (χ1) is 7.61. The number of thioether (sulfide) groups is 1. The molecule has 2 heterocycles. The lowest BCUT2D eigenvalue weighted by molar-refractivity contribution is -0.122. The molecular weight excluding hydrogens is 226 g/mol. The lowest BCUT2D eigenvalue weighted by Gasteiger charge is -2.06. The van der Waals surface area contributed by atoms with Crippen molar-refractivity contribution in [2.45, 2.75) is 13.8 Å². The summed E-state index contributed by atoms with van der Waals surface area (Å²) in [6.45, 7) is 4.00. The van der Waals surface area contributed by atoms with Crippen LogP contribution in [-0.2, 0) is 4.79 Å². The van der Waals surface area contributed by atoms with Gasteiger partial charge in [0.25, 0.3) is 11.1 Å². The van der Waals surface area contributed by atoms with Crippen LogP contribution < -0.4 is 0 Å². The molecule has 0 unspecified atom stereocenters. The van der Waals surface area contributed by atoms with Crippen molar-refractivity contribution in [3.05, 3.63) is 28.6 Å². The van der Waals surface area contributed by atoms with Crippen LogP contribution >= 0.6 is 11.8 Å². The van der Waals surface area contributed by atoms with E-state index in [1.165, 1.54) is 4.90 Å². The van der Waals surface area contributed by atoms with Gasteiger partial charge in [-0.1, -0.05) is 0 Å². The molecule has 0 atom stereocenters. The highest BCUT2D eigenvalue weighted by atomic mass is 32.2. The first kappa shape index (κ1) is 11.0. The van der Waals surface area contributed by atoms with E-state index in [0.717, 1.165) is 17.5 Å². The number of nitrogens with zero attached hydrogens (tertiary/aromatic N) is 1. The normalized spacial score (nSPS) is 18.9. The summed E-state index contributed by atoms with van der Waals surface area (Å²) in [5.74, 6) is 1.13. The van der Waals surface area contributed by atoms with Gasteiger partial charge in [-0.2, -0.15) is 0 Å². The van der Waals surface area contributed by atoms with Gasteiger partial charge < -0.3 is 4.42 Å². The Kier molecular flexibility index (Phi) is 2.87. The van der Waals surface area contributed by atoms with Gasteiger partial charge in [0.1, 0.15) is 11.5 Å². The van der Waals surface area contributed by atoms with E-state index in [1.807, 2.05) is 13.0 Å². The fraction of sp³-hybridized carbons (Fsp3) is 0.273. The third-order valence-electron chi connectivity index (χ3n) is 2.22. The number of rotatable bonds is 2. The van der Waals surface area contributed by atoms with Crippen LogP contribution in [0.4, 0.5) is 4.79 Å². The van der Waals surface area contributed by atoms with Gasteiger partial charge in [0, 0.05) is 12.6 Å². The zero-order chi connectivity index (χ0) is 11.7. The molecule has 1 aromatic rings. The van der Waals surface area contributed by atoms with Gasteiger partial charge in [0.15, 0.2) is 0 Å². The van der Waals surface area contributed by atoms with E-state index in [-0.39, 0.29) is 11.1 Å². The van der Waals surface area contributed by atoms with Crippen molar-refractivity contribution in [2.75, 3.05) is 6.54 Å². The van der Waals surface area contributed by atoms with Gasteiger partial charge in [0.05, 0.1) is 4.91 Å². The van der Waals surface area contributed by atoms with E-state index in [0.29, 0.717) is 17.2 Å². The maximum Gasteiger partial charge on any atom is 0.293 e. The third-order valence-corrected chi connectivity index (χ3v) is 3.13. The highest BCUT2D eigenvalue weighted by Crippen LogP contribution is 2.32. The van der Waals surface area contributed by atoms with Crippen LogP contribution in [0.2, 0.25) is 0 Å². The maximum atomic E-state index is 11.7. The Morgan fingerprint density at radius 2 is 2.19 bits per heavy atom. The average Bonchev–Trinajstić information content (AvgIpc) is 2.74. The van der Waals surface area contributed by atoms with Crippen LogP contribution in [0.1, 0.15) is 18.4 Å². The number of hydrogen-bond donors (Lipinski definition) is 0. The fourth-order valence-corrected chi connectivity index (χ4v) is 2.32. The maximum absolute atomic E-state index is 11.7. The molecular formula is C11H11NO3S. The first-order valence-corrected chi connectivity index (χ1v) is 5.75. The minimum Gasteiger partial charge on any atom is -0.462 e. The molecule has 2 rings (SSSR count). The van der Waals surface area contributed by atoms with E-state index < -0.39 is 0 Å². The van der Waals surface area contributed by atoms with Crippen LogP contribution in [0.3, 0.4) is 0 Å². The summed E-state index contributed by atoms with van der Waals surface area (Å²) in [5, 5.41) is -0.220. The molecule has 4 nitrogen and oxygen atoms in total. The van der Waals surface area contributed by atoms with Crippen molar-refractivity contribution in [3.63, 3.8) is 0 Å². The van der Waals surface area contributed by atoms with Crippen molar-refractivity contribution < 1.29 is 14.0 Å². The van der Waals surface area contributed by atoms with Crippen LogP contribution in [0.15, 0.2) is 21.5 Å². The number of carbonyl (C=O) groups is 2. The predicted octanol–water partition coefficient (Wildman–Crippen LogP) is 2.64. The molecule has 1 aliphatic rings. The fourth-order valence-electron chi connectivity index (χ4n) is 1.43. The molecule has 0 saturated carbocycles. The van der Waals surface area contributed by atoms with E-state index in [2.05, 4.69) is 0 Å². The Bertz CT molecular complexity index is 475. The number of imide groups is 1. The summed E-state index contributed by atoms with van der Waals surface area (Å²) < 4.78 is 5.33. The van der Waals surface area contributed by atoms with Crippen LogP contribution in [0, 0.1) is 6.92 Å². The van der Waals surface area contributed by atoms with Crippen LogP contribution in [0.5, 0.6) is 0 Å². The quantitative estimate of drug-likeness (QED) is 0.742. The second kappa shape index (κ2) is 4.17. The predicted molar refractivity (Wildman–Crippen MR) is 61.8 cm³/mol. The standard InChI is InChI=1S/C11H11NO3S/c1-3-12-10(13)9(16-11(12)14)6-8-5-4-7(2)15-8/h4-6H,3H2,1-2H3/b9-6+. The Balaban J connectivity index is 2.27. The Hall–Kier alpha value is -1.49. The molecule has 1 aliphatic heterocycles. The summed E-state index contributed by atoms with van der Waals surface area (Å²) >= 11 is 0.949. The first-order valence-electron chi connectivity index (χ1n) is 4.93. The molecule has 16 heavy (non-hydrogen) atoms. The molecule has 1 saturated heterocycles. The van der Waals surface area contributed by atoms with Crippen molar-refractivity contribution in [2.24, 2.45) is 0 Å². The SMILES string of the molecule is CCN1C(=O)S/C(=C/c2ccc(C)o2)C1=O. The van der Waals surface area contributed by atoms with Gasteiger partial charge in [0.2, 0.25) is 0 Å². The zero-order valence-corrected chi connectivity index (χ0v) is 9.84. The molecule has 0 aromatic carbocycles. The van der Waals surface area contributed by atoms with Gasteiger partial charge in [-0.05, 0) is 37.7 Å². The van der Waals surface area contributed by atoms with E-state index in [4.69, 9.17) is 4.42 Å². The van der Waals surface area contributed by atoms with Crippen molar-refractivity contribution in [3.8, 4) is 0 Å². The molecule has 0 bridgehead atoms. The van der Waals surface area contributed by atoms with Crippen LogP contribution in [0.25, 0.3) is 6.08 Å². The number of likely N-dealkylation sites (N-methyl/N-ethyl adjacent to an activating group) is 1. The minimum absolute atomic E-state index is 0.220. The Labute approximate surface area is 97.3 Å². The summed E-state index contributed by atoms with van der Waals surface area (Å²) in [7, 11) is 0. The van der Waals surface area contributed by atoms with E-state index >= 15 is 0 Å². The molecule has 5 heteroatoms. The molecule has 0 N–H and O–H groups in total. The summed E-state index contributed by atoms with van der Waals surface area (Å²) in [4.78, 5) is 24.8. The van der Waals surface area contributed by atoms with Gasteiger partial charge in [-0.3, -0.25) is 14.5 Å². The lowest BCUT2D eigenvalue weighted by Crippen LogP contribution is -2.27. The number of hydrogen-bond acceptors (Lipinski definition) is 4. The highest BCUT2D eigenvalue weighted by molar-refractivity contribution is 8.18. The molecule has 2 amide bonds. The molecule has 84 valence electrons. The Morgan fingerprint density at radius 3 is 2.69 bits per heavy atom. The van der Waals surface area contributed by atoms with Crippen molar-refractivity contribution in [1.82, 2.24) is 4.90 Å². The van der Waals surface area contributed by atoms with Gasteiger partial charge >= 0.3 is 0 Å². The number of carbonyl (C=O) groups excluding carboxylic acids is 2. The van der Waals surface area contributed by atoms with Crippen LogP contribution in [-0.4, -0.2) is 22.6 Å². The third kappa shape index (κ3) is 1.90. The monoisotopic (exact) mass is 237 g/mol. The van der Waals surface area contributed by atoms with E-state index in [9.17, 15) is 9.59 Å². The largest absolute Gasteiger partial charge is 0.462 e. The van der Waals surface area contributed by atoms with Gasteiger partial charge in [-0.25, -0.2) is 0 Å². The zero-order valence-electron chi connectivity index (χ0n) is 9.02. The minimum atomic E-state index is -0.244. The molecule has 1 aromatic heterocycles. The molecule has 0 radical (unpaired) electrons. The smallest absolute Gasteiger partial charge is 0.293 e. The summed E-state index contributed by atoms with van der Waals surface area (Å²) in [6, 6.07) is 3.59. The Morgan fingerprint density at radius 1 is 1.44 bits per heavy atom.